The van der Waals surface area contributed by atoms with E-state index < -0.39 is 0 Å². The first-order valence-electron chi connectivity index (χ1n) is 5.64. The number of anilines is 1. The summed E-state index contributed by atoms with van der Waals surface area (Å²) in [7, 11) is 0. The van der Waals surface area contributed by atoms with Crippen molar-refractivity contribution in [1.82, 2.24) is 9.36 Å². The van der Waals surface area contributed by atoms with Crippen LogP contribution < -0.4 is 11.1 Å². The van der Waals surface area contributed by atoms with E-state index in [1.807, 2.05) is 30.3 Å². The predicted octanol–water partition coefficient (Wildman–Crippen LogP) is 1.57. The van der Waals surface area contributed by atoms with Gasteiger partial charge in [0.1, 0.15) is 0 Å². The van der Waals surface area contributed by atoms with E-state index in [0.717, 1.165) is 23.5 Å². The van der Waals surface area contributed by atoms with Gasteiger partial charge in [-0.1, -0.05) is 30.3 Å². The number of nitrogens with zero attached hydrogens (tertiary/aromatic N) is 2. The number of carbonyl (C=O) groups excluding carboxylic acids is 1. The van der Waals surface area contributed by atoms with Crippen LogP contribution >= 0.6 is 11.5 Å². The van der Waals surface area contributed by atoms with Gasteiger partial charge in [0.15, 0.2) is 5.82 Å². The van der Waals surface area contributed by atoms with Gasteiger partial charge in [-0.3, -0.25) is 4.79 Å². The number of carbonyl (C=O) groups is 1. The molecule has 0 bridgehead atoms. The molecule has 0 aliphatic carbocycles. The Morgan fingerprint density at radius 2 is 2.11 bits per heavy atom. The van der Waals surface area contributed by atoms with Crippen LogP contribution in [0.5, 0.6) is 0 Å². The van der Waals surface area contributed by atoms with Gasteiger partial charge in [0.25, 0.3) is 0 Å². The number of benzene rings is 1. The molecule has 0 radical (unpaired) electrons. The normalized spacial score (nSPS) is 10.3. The summed E-state index contributed by atoms with van der Waals surface area (Å²) < 4.78 is 4.00. The Bertz CT molecular complexity index is 512. The molecule has 0 saturated carbocycles. The van der Waals surface area contributed by atoms with E-state index in [1.165, 1.54) is 0 Å². The maximum atomic E-state index is 11.7. The molecule has 0 aliphatic heterocycles. The van der Waals surface area contributed by atoms with Crippen molar-refractivity contribution in [2.24, 2.45) is 5.73 Å². The molecule has 0 saturated heterocycles. The molecule has 0 unspecified atom stereocenters. The first-order chi connectivity index (χ1) is 8.78. The van der Waals surface area contributed by atoms with Crippen LogP contribution in [0.1, 0.15) is 17.8 Å². The van der Waals surface area contributed by atoms with Crippen LogP contribution in [-0.2, 0) is 17.8 Å². The van der Waals surface area contributed by atoms with E-state index in [2.05, 4.69) is 14.7 Å². The summed E-state index contributed by atoms with van der Waals surface area (Å²) in [5.41, 5.74) is 6.54. The highest BCUT2D eigenvalue weighted by Gasteiger charge is 2.07. The molecule has 1 aromatic heterocycles. The summed E-state index contributed by atoms with van der Waals surface area (Å²) in [6, 6.07) is 9.89. The van der Waals surface area contributed by atoms with Crippen molar-refractivity contribution in [1.29, 1.82) is 0 Å². The zero-order valence-corrected chi connectivity index (χ0v) is 10.6. The summed E-state index contributed by atoms with van der Waals surface area (Å²) in [5.74, 6) is 0.497. The second-order valence-electron chi connectivity index (χ2n) is 3.75. The third-order valence-electron chi connectivity index (χ3n) is 2.38. The molecule has 3 N–H and O–H groups in total. The van der Waals surface area contributed by atoms with E-state index in [4.69, 9.17) is 5.73 Å². The van der Waals surface area contributed by atoms with Crippen LogP contribution in [0.3, 0.4) is 0 Å². The number of nitrogens with one attached hydrogen (secondary N) is 1. The largest absolute Gasteiger partial charge is 0.324 e. The van der Waals surface area contributed by atoms with Crippen LogP contribution in [0.15, 0.2) is 30.3 Å². The minimum absolute atomic E-state index is 0.0569. The van der Waals surface area contributed by atoms with Crippen LogP contribution in [0.25, 0.3) is 0 Å². The van der Waals surface area contributed by atoms with Gasteiger partial charge in [-0.05, 0) is 12.0 Å². The zero-order valence-electron chi connectivity index (χ0n) is 9.80. The molecule has 1 amide bonds. The molecule has 94 valence electrons. The monoisotopic (exact) mass is 262 g/mol. The molecule has 0 aliphatic rings. The quantitative estimate of drug-likeness (QED) is 0.857. The van der Waals surface area contributed by atoms with E-state index >= 15 is 0 Å². The summed E-state index contributed by atoms with van der Waals surface area (Å²) in [4.78, 5) is 15.8. The molecule has 1 heterocycles. The van der Waals surface area contributed by atoms with Crippen LogP contribution in [0, 0.1) is 0 Å². The third kappa shape index (κ3) is 3.61. The van der Waals surface area contributed by atoms with Crippen molar-refractivity contribution in [3.63, 3.8) is 0 Å². The number of nitrogens with two attached hydrogens (primary N) is 1. The van der Waals surface area contributed by atoms with Crippen molar-refractivity contribution >= 4 is 22.6 Å². The topological polar surface area (TPSA) is 80.9 Å². The molecule has 2 aromatic rings. The number of amides is 1. The Morgan fingerprint density at radius 1 is 1.33 bits per heavy atom. The summed E-state index contributed by atoms with van der Waals surface area (Å²) in [6.45, 7) is 0.288. The average molecular weight is 262 g/mol. The van der Waals surface area contributed by atoms with Crippen LogP contribution in [-0.4, -0.2) is 15.3 Å². The van der Waals surface area contributed by atoms with Crippen LogP contribution in [0.4, 0.5) is 5.13 Å². The van der Waals surface area contributed by atoms with Gasteiger partial charge in [0, 0.05) is 18.0 Å². The Morgan fingerprint density at radius 3 is 2.78 bits per heavy atom. The smallest absolute Gasteiger partial charge is 0.226 e. The maximum Gasteiger partial charge on any atom is 0.226 e. The van der Waals surface area contributed by atoms with E-state index in [9.17, 15) is 4.79 Å². The van der Waals surface area contributed by atoms with Crippen molar-refractivity contribution in [3.05, 3.63) is 41.7 Å². The highest BCUT2D eigenvalue weighted by Crippen LogP contribution is 2.11. The second-order valence-corrected chi connectivity index (χ2v) is 4.51. The molecule has 6 heteroatoms. The van der Waals surface area contributed by atoms with Gasteiger partial charge in [-0.15, -0.1) is 0 Å². The zero-order chi connectivity index (χ0) is 12.8. The lowest BCUT2D eigenvalue weighted by Gasteiger charge is -2.01. The number of rotatable bonds is 5. The van der Waals surface area contributed by atoms with Gasteiger partial charge < -0.3 is 11.1 Å². The van der Waals surface area contributed by atoms with E-state index in [1.54, 1.807) is 0 Å². The van der Waals surface area contributed by atoms with Gasteiger partial charge >= 0.3 is 0 Å². The van der Waals surface area contributed by atoms with Crippen LogP contribution in [0.2, 0.25) is 0 Å². The van der Waals surface area contributed by atoms with Gasteiger partial charge in [0.05, 0.1) is 6.54 Å². The SMILES string of the molecule is NCc1nsc(NC(=O)CCc2ccccc2)n1. The Balaban J connectivity index is 1.82. The van der Waals surface area contributed by atoms with E-state index in [-0.39, 0.29) is 12.5 Å². The molecule has 0 fully saturated rings. The first-order valence-corrected chi connectivity index (χ1v) is 6.41. The molecule has 2 rings (SSSR count). The van der Waals surface area contributed by atoms with Gasteiger partial charge in [-0.25, -0.2) is 4.98 Å². The standard InChI is InChI=1S/C12H14N4OS/c13-8-10-14-12(18-16-10)15-11(17)7-6-9-4-2-1-3-5-9/h1-5H,6-8,13H2,(H,14,15,16,17). The number of aryl methyl sites for hydroxylation is 1. The molecular weight excluding hydrogens is 248 g/mol. The fourth-order valence-corrected chi connectivity index (χ4v) is 2.08. The van der Waals surface area contributed by atoms with Crippen molar-refractivity contribution in [3.8, 4) is 0 Å². The van der Waals surface area contributed by atoms with Gasteiger partial charge in [0.2, 0.25) is 11.0 Å². The summed E-state index contributed by atoms with van der Waals surface area (Å²) >= 11 is 1.15. The van der Waals surface area contributed by atoms with Crippen molar-refractivity contribution in [2.75, 3.05) is 5.32 Å². The van der Waals surface area contributed by atoms with Crippen molar-refractivity contribution < 1.29 is 4.79 Å². The van der Waals surface area contributed by atoms with Gasteiger partial charge in [-0.2, -0.15) is 4.37 Å². The fraction of sp³-hybridized carbons (Fsp3) is 0.250. The lowest BCUT2D eigenvalue weighted by atomic mass is 10.1. The van der Waals surface area contributed by atoms with E-state index in [0.29, 0.717) is 17.4 Å². The molecule has 0 atom stereocenters. The minimum atomic E-state index is -0.0569. The summed E-state index contributed by atoms with van der Waals surface area (Å²) in [5, 5.41) is 3.23. The highest BCUT2D eigenvalue weighted by atomic mass is 32.1. The molecule has 1 aromatic carbocycles. The highest BCUT2D eigenvalue weighted by molar-refractivity contribution is 7.09. The molecule has 0 spiro atoms. The first kappa shape index (κ1) is 12.7. The van der Waals surface area contributed by atoms with Crippen molar-refractivity contribution in [2.45, 2.75) is 19.4 Å². The Hall–Kier alpha value is -1.79. The number of hydrogen-bond acceptors (Lipinski definition) is 5. The lowest BCUT2D eigenvalue weighted by molar-refractivity contribution is -0.116. The molecular formula is C12H14N4OS. The minimum Gasteiger partial charge on any atom is -0.324 e. The third-order valence-corrected chi connectivity index (χ3v) is 3.05. The molecule has 5 nitrogen and oxygen atoms in total. The fourth-order valence-electron chi connectivity index (χ4n) is 1.47. The number of aromatic nitrogens is 2. The number of hydrogen-bond donors (Lipinski definition) is 2. The maximum absolute atomic E-state index is 11.7. The predicted molar refractivity (Wildman–Crippen MR) is 71.2 cm³/mol. The Labute approximate surface area is 109 Å². The lowest BCUT2D eigenvalue weighted by Crippen LogP contribution is -2.12. The summed E-state index contributed by atoms with van der Waals surface area (Å²) in [6.07, 6.45) is 1.15. The average Bonchev–Trinajstić information content (AvgIpc) is 2.85. The molecule has 18 heavy (non-hydrogen) atoms. The second kappa shape index (κ2) is 6.23. The Kier molecular flexibility index (Phi) is 4.38.